The molecule has 3 amide bonds. The summed E-state index contributed by atoms with van der Waals surface area (Å²) in [6, 6.07) is 9.83. The van der Waals surface area contributed by atoms with Crippen LogP contribution in [0.15, 0.2) is 36.4 Å². The van der Waals surface area contributed by atoms with Gasteiger partial charge in [0.2, 0.25) is 0 Å². The molecule has 0 aliphatic carbocycles. The van der Waals surface area contributed by atoms with E-state index in [9.17, 15) is 14.4 Å². The molecule has 0 radical (unpaired) electrons. The third-order valence-corrected chi connectivity index (χ3v) is 5.00. The van der Waals surface area contributed by atoms with Crippen molar-refractivity contribution < 1.29 is 14.4 Å². The number of anilines is 1. The fourth-order valence-electron chi connectivity index (χ4n) is 2.90. The van der Waals surface area contributed by atoms with Crippen LogP contribution in [0.4, 0.5) is 5.69 Å². The molecule has 1 aliphatic heterocycles. The summed E-state index contributed by atoms with van der Waals surface area (Å²) in [5, 5.41) is 3.32. The molecule has 1 heterocycles. The SMILES string of the molecule is Cc1ccc(NC(=O)c2ccc3c(c2)C(=O)N(CCC(C)C)C3=O)cc1Cl. The van der Waals surface area contributed by atoms with Crippen LogP contribution in [0.3, 0.4) is 0 Å². The molecule has 0 aromatic heterocycles. The highest BCUT2D eigenvalue weighted by molar-refractivity contribution is 6.31. The Kier molecular flexibility index (Phi) is 5.33. The molecule has 2 aromatic rings. The minimum Gasteiger partial charge on any atom is -0.322 e. The maximum absolute atomic E-state index is 12.6. The topological polar surface area (TPSA) is 66.5 Å². The molecule has 0 saturated heterocycles. The van der Waals surface area contributed by atoms with E-state index >= 15 is 0 Å². The maximum atomic E-state index is 12.6. The van der Waals surface area contributed by atoms with Crippen LogP contribution in [0.5, 0.6) is 0 Å². The summed E-state index contributed by atoms with van der Waals surface area (Å²) in [6.45, 7) is 6.34. The lowest BCUT2D eigenvalue weighted by Gasteiger charge is -2.14. The molecule has 1 N–H and O–H groups in total. The van der Waals surface area contributed by atoms with Crippen molar-refractivity contribution in [2.24, 2.45) is 5.92 Å². The van der Waals surface area contributed by atoms with E-state index in [4.69, 9.17) is 11.6 Å². The van der Waals surface area contributed by atoms with Crippen LogP contribution in [0.2, 0.25) is 5.02 Å². The zero-order chi connectivity index (χ0) is 19.7. The quantitative estimate of drug-likeness (QED) is 0.769. The van der Waals surface area contributed by atoms with Crippen LogP contribution in [0.25, 0.3) is 0 Å². The van der Waals surface area contributed by atoms with E-state index in [-0.39, 0.29) is 23.3 Å². The van der Waals surface area contributed by atoms with Crippen LogP contribution in [-0.4, -0.2) is 29.2 Å². The second-order valence-electron chi connectivity index (χ2n) is 7.12. The van der Waals surface area contributed by atoms with Gasteiger partial charge in [0.1, 0.15) is 0 Å². The van der Waals surface area contributed by atoms with Crippen LogP contribution < -0.4 is 5.32 Å². The zero-order valence-corrected chi connectivity index (χ0v) is 16.3. The van der Waals surface area contributed by atoms with Crippen molar-refractivity contribution >= 4 is 35.0 Å². The number of hydrogen-bond acceptors (Lipinski definition) is 3. The molecule has 3 rings (SSSR count). The van der Waals surface area contributed by atoms with Crippen molar-refractivity contribution in [3.05, 3.63) is 63.7 Å². The van der Waals surface area contributed by atoms with E-state index in [0.29, 0.717) is 34.3 Å². The van der Waals surface area contributed by atoms with Crippen molar-refractivity contribution in [3.8, 4) is 0 Å². The van der Waals surface area contributed by atoms with Gasteiger partial charge in [0.25, 0.3) is 17.7 Å². The second kappa shape index (κ2) is 7.53. The van der Waals surface area contributed by atoms with Gasteiger partial charge in [0.15, 0.2) is 0 Å². The van der Waals surface area contributed by atoms with E-state index in [0.717, 1.165) is 12.0 Å². The number of aryl methyl sites for hydroxylation is 1. The molecule has 0 unspecified atom stereocenters. The number of hydrogen-bond donors (Lipinski definition) is 1. The summed E-state index contributed by atoms with van der Waals surface area (Å²) >= 11 is 6.08. The molecule has 2 aromatic carbocycles. The van der Waals surface area contributed by atoms with Crippen molar-refractivity contribution in [1.29, 1.82) is 0 Å². The Morgan fingerprint density at radius 2 is 1.78 bits per heavy atom. The van der Waals surface area contributed by atoms with Gasteiger partial charge in [-0.2, -0.15) is 0 Å². The molecular formula is C21H21ClN2O3. The first-order chi connectivity index (χ1) is 12.8. The standard InChI is InChI=1S/C21H21ClN2O3/c1-12(2)8-9-24-20(26)16-7-5-14(10-17(16)21(24)27)19(25)23-15-6-4-13(3)18(22)11-15/h4-7,10-12H,8-9H2,1-3H3,(H,23,25). The molecule has 1 aliphatic rings. The predicted octanol–water partition coefficient (Wildman–Crippen LogP) is 4.54. The molecular weight excluding hydrogens is 364 g/mol. The molecule has 0 atom stereocenters. The van der Waals surface area contributed by atoms with Crippen molar-refractivity contribution in [1.82, 2.24) is 4.90 Å². The predicted molar refractivity (Wildman–Crippen MR) is 105 cm³/mol. The Hall–Kier alpha value is -2.66. The van der Waals surface area contributed by atoms with Gasteiger partial charge < -0.3 is 5.32 Å². The van der Waals surface area contributed by atoms with Crippen molar-refractivity contribution in [2.45, 2.75) is 27.2 Å². The maximum Gasteiger partial charge on any atom is 0.261 e. The Morgan fingerprint density at radius 1 is 1.07 bits per heavy atom. The van der Waals surface area contributed by atoms with Gasteiger partial charge in [-0.3, -0.25) is 19.3 Å². The average Bonchev–Trinajstić information content (AvgIpc) is 2.86. The fraction of sp³-hybridized carbons (Fsp3) is 0.286. The number of nitrogens with one attached hydrogen (secondary N) is 1. The Bertz CT molecular complexity index is 937. The largest absolute Gasteiger partial charge is 0.322 e. The lowest BCUT2D eigenvalue weighted by Crippen LogP contribution is -2.31. The molecule has 0 spiro atoms. The van der Waals surface area contributed by atoms with Crippen LogP contribution in [-0.2, 0) is 0 Å². The highest BCUT2D eigenvalue weighted by Crippen LogP contribution is 2.26. The smallest absolute Gasteiger partial charge is 0.261 e. The normalized spacial score (nSPS) is 13.3. The van der Waals surface area contributed by atoms with Gasteiger partial charge in [-0.25, -0.2) is 0 Å². The molecule has 0 bridgehead atoms. The van der Waals surface area contributed by atoms with E-state index in [1.807, 2.05) is 26.8 Å². The highest BCUT2D eigenvalue weighted by atomic mass is 35.5. The number of rotatable bonds is 5. The van der Waals surface area contributed by atoms with Gasteiger partial charge in [-0.1, -0.05) is 31.5 Å². The second-order valence-corrected chi connectivity index (χ2v) is 7.53. The first-order valence-electron chi connectivity index (χ1n) is 8.85. The third-order valence-electron chi connectivity index (χ3n) is 4.59. The van der Waals surface area contributed by atoms with Crippen molar-refractivity contribution in [2.75, 3.05) is 11.9 Å². The Morgan fingerprint density at radius 3 is 2.44 bits per heavy atom. The summed E-state index contributed by atoms with van der Waals surface area (Å²) < 4.78 is 0. The number of amides is 3. The minimum absolute atomic E-state index is 0.276. The third kappa shape index (κ3) is 3.88. The molecule has 6 heteroatoms. The molecule has 5 nitrogen and oxygen atoms in total. The Labute approximate surface area is 163 Å². The number of fused-ring (bicyclic) bond motifs is 1. The van der Waals surface area contributed by atoms with Crippen LogP contribution in [0, 0.1) is 12.8 Å². The summed E-state index contributed by atoms with van der Waals surface area (Å²) in [5.41, 5.74) is 2.42. The monoisotopic (exact) mass is 384 g/mol. The number of carbonyl (C=O) groups excluding carboxylic acids is 3. The number of halogens is 1. The van der Waals surface area contributed by atoms with E-state index in [1.54, 1.807) is 24.3 Å². The average molecular weight is 385 g/mol. The Balaban J connectivity index is 1.80. The summed E-state index contributed by atoms with van der Waals surface area (Å²) in [5.74, 6) is -0.618. The van der Waals surface area contributed by atoms with Gasteiger partial charge in [-0.15, -0.1) is 0 Å². The van der Waals surface area contributed by atoms with E-state index < -0.39 is 0 Å². The molecule has 140 valence electrons. The van der Waals surface area contributed by atoms with E-state index in [2.05, 4.69) is 5.32 Å². The molecule has 27 heavy (non-hydrogen) atoms. The van der Waals surface area contributed by atoms with E-state index in [1.165, 1.54) is 11.0 Å². The minimum atomic E-state index is -0.362. The molecule has 0 fully saturated rings. The number of nitrogens with zero attached hydrogens (tertiary/aromatic N) is 1. The first-order valence-corrected chi connectivity index (χ1v) is 9.23. The number of benzene rings is 2. The fourth-order valence-corrected chi connectivity index (χ4v) is 3.08. The van der Waals surface area contributed by atoms with Gasteiger partial charge in [0.05, 0.1) is 11.1 Å². The highest BCUT2D eigenvalue weighted by Gasteiger charge is 2.35. The van der Waals surface area contributed by atoms with Crippen molar-refractivity contribution in [3.63, 3.8) is 0 Å². The zero-order valence-electron chi connectivity index (χ0n) is 15.5. The van der Waals surface area contributed by atoms with Gasteiger partial charge >= 0.3 is 0 Å². The molecule has 0 saturated carbocycles. The van der Waals surface area contributed by atoms with Gasteiger partial charge in [-0.05, 0) is 55.2 Å². The van der Waals surface area contributed by atoms with Crippen LogP contribution >= 0.6 is 11.6 Å². The van der Waals surface area contributed by atoms with Crippen LogP contribution in [0.1, 0.15) is 56.9 Å². The number of imide groups is 1. The van der Waals surface area contributed by atoms with Gasteiger partial charge in [0, 0.05) is 22.8 Å². The summed E-state index contributed by atoms with van der Waals surface area (Å²) in [7, 11) is 0. The lowest BCUT2D eigenvalue weighted by atomic mass is 10.1. The first kappa shape index (κ1) is 19.1. The lowest BCUT2D eigenvalue weighted by molar-refractivity contribution is 0.0647. The summed E-state index contributed by atoms with van der Waals surface area (Å²) in [4.78, 5) is 38.8. The number of carbonyl (C=O) groups is 3. The summed E-state index contributed by atoms with van der Waals surface area (Å²) in [6.07, 6.45) is 0.743.